The van der Waals surface area contributed by atoms with Gasteiger partial charge in [-0.15, -0.1) is 0 Å². The van der Waals surface area contributed by atoms with E-state index in [1.54, 1.807) is 4.31 Å². The van der Waals surface area contributed by atoms with Crippen LogP contribution in [-0.2, 0) is 19.6 Å². The lowest BCUT2D eigenvalue weighted by molar-refractivity contribution is -0.145. The molecule has 4 unspecified atom stereocenters. The van der Waals surface area contributed by atoms with Gasteiger partial charge in [0.2, 0.25) is 10.0 Å². The number of esters is 1. The van der Waals surface area contributed by atoms with E-state index in [4.69, 9.17) is 4.74 Å². The molecule has 0 bridgehead atoms. The van der Waals surface area contributed by atoms with Crippen molar-refractivity contribution in [3.05, 3.63) is 0 Å². The monoisotopic (exact) mass is 303 g/mol. The van der Waals surface area contributed by atoms with Crippen molar-refractivity contribution in [3.63, 3.8) is 0 Å². The second-order valence-electron chi connectivity index (χ2n) is 5.96. The summed E-state index contributed by atoms with van der Waals surface area (Å²) in [6.45, 7) is 3.99. The zero-order chi connectivity index (χ0) is 14.9. The minimum absolute atomic E-state index is 0.0452. The van der Waals surface area contributed by atoms with Gasteiger partial charge in [0.15, 0.2) is 0 Å². The lowest BCUT2D eigenvalue weighted by Gasteiger charge is -2.31. The Morgan fingerprint density at radius 1 is 1.25 bits per heavy atom. The van der Waals surface area contributed by atoms with Gasteiger partial charge in [-0.1, -0.05) is 13.3 Å². The van der Waals surface area contributed by atoms with Crippen molar-refractivity contribution in [2.75, 3.05) is 7.11 Å². The summed E-state index contributed by atoms with van der Waals surface area (Å²) >= 11 is 0. The van der Waals surface area contributed by atoms with Crippen molar-refractivity contribution in [2.45, 2.75) is 69.7 Å². The molecule has 2 fully saturated rings. The molecule has 4 atom stereocenters. The van der Waals surface area contributed by atoms with Gasteiger partial charge >= 0.3 is 5.97 Å². The minimum Gasteiger partial charge on any atom is -0.469 e. The number of ether oxygens (including phenoxy) is 1. The van der Waals surface area contributed by atoms with Crippen molar-refractivity contribution in [2.24, 2.45) is 5.92 Å². The molecule has 5 nitrogen and oxygen atoms in total. The topological polar surface area (TPSA) is 63.7 Å². The summed E-state index contributed by atoms with van der Waals surface area (Å²) in [6, 6.07) is 0.137. The first-order chi connectivity index (χ1) is 9.43. The van der Waals surface area contributed by atoms with E-state index in [2.05, 4.69) is 0 Å². The van der Waals surface area contributed by atoms with Crippen LogP contribution < -0.4 is 0 Å². The Bertz CT molecular complexity index is 462. The summed E-state index contributed by atoms with van der Waals surface area (Å²) in [6.07, 6.45) is 4.64. The van der Waals surface area contributed by atoms with E-state index in [0.29, 0.717) is 12.8 Å². The van der Waals surface area contributed by atoms with Crippen molar-refractivity contribution >= 4 is 16.0 Å². The Morgan fingerprint density at radius 3 is 2.55 bits per heavy atom. The van der Waals surface area contributed by atoms with E-state index in [-0.39, 0.29) is 18.1 Å². The molecule has 0 aromatic heterocycles. The fraction of sp³-hybridized carbons (Fsp3) is 0.929. The minimum atomic E-state index is -3.42. The van der Waals surface area contributed by atoms with E-state index < -0.39 is 21.2 Å². The molecule has 1 aliphatic carbocycles. The lowest BCUT2D eigenvalue weighted by atomic mass is 10.1. The van der Waals surface area contributed by atoms with Gasteiger partial charge in [0.25, 0.3) is 0 Å². The summed E-state index contributed by atoms with van der Waals surface area (Å²) in [4.78, 5) is 11.8. The number of nitrogens with zero attached hydrogens (tertiary/aromatic N) is 1. The van der Waals surface area contributed by atoms with E-state index in [1.807, 2.05) is 13.8 Å². The summed E-state index contributed by atoms with van der Waals surface area (Å²) in [5.41, 5.74) is 0. The smallest absolute Gasteiger partial charge is 0.310 e. The standard InChI is InChI=1S/C14H25NO4S/c1-4-11-9-8-10(2)15(11)20(17,18)13-7-5-6-12(13)14(16)19-3/h10-13H,4-9H2,1-3H3. The maximum absolute atomic E-state index is 13.0. The SMILES string of the molecule is CCC1CCC(C)N1S(=O)(=O)C1CCCC1C(=O)OC. The average Bonchev–Trinajstić information content (AvgIpc) is 3.04. The van der Waals surface area contributed by atoms with Crippen LogP contribution in [0.15, 0.2) is 0 Å². The van der Waals surface area contributed by atoms with Gasteiger partial charge < -0.3 is 4.74 Å². The molecule has 2 aliphatic rings. The third-order valence-corrected chi connectivity index (χ3v) is 7.39. The van der Waals surface area contributed by atoms with Gasteiger partial charge in [0.05, 0.1) is 18.3 Å². The quantitative estimate of drug-likeness (QED) is 0.744. The fourth-order valence-electron chi connectivity index (χ4n) is 3.75. The van der Waals surface area contributed by atoms with Crippen LogP contribution in [0, 0.1) is 5.92 Å². The molecule has 2 rings (SSSR count). The average molecular weight is 303 g/mol. The summed E-state index contributed by atoms with van der Waals surface area (Å²) in [5, 5.41) is -0.593. The molecule has 1 heterocycles. The molecule has 0 spiro atoms. The van der Waals surface area contributed by atoms with Crippen molar-refractivity contribution in [1.82, 2.24) is 4.31 Å². The second-order valence-corrected chi connectivity index (χ2v) is 8.02. The predicted molar refractivity (Wildman–Crippen MR) is 76.7 cm³/mol. The number of sulfonamides is 1. The van der Waals surface area contributed by atoms with E-state index in [1.165, 1.54) is 7.11 Å². The Hall–Kier alpha value is -0.620. The highest BCUT2D eigenvalue weighted by molar-refractivity contribution is 7.89. The first-order valence-corrected chi connectivity index (χ1v) is 9.04. The van der Waals surface area contributed by atoms with Crippen LogP contribution in [0.3, 0.4) is 0 Å². The molecular formula is C14H25NO4S. The van der Waals surface area contributed by atoms with Crippen LogP contribution in [0.5, 0.6) is 0 Å². The summed E-state index contributed by atoms with van der Waals surface area (Å²) in [7, 11) is -2.09. The van der Waals surface area contributed by atoms with Gasteiger partial charge in [-0.3, -0.25) is 4.79 Å². The van der Waals surface area contributed by atoms with Crippen LogP contribution in [0.2, 0.25) is 0 Å². The maximum atomic E-state index is 13.0. The number of methoxy groups -OCH3 is 1. The van der Waals surface area contributed by atoms with Gasteiger partial charge in [-0.25, -0.2) is 8.42 Å². The number of rotatable bonds is 4. The molecule has 0 aromatic carbocycles. The number of hydrogen-bond acceptors (Lipinski definition) is 4. The summed E-state index contributed by atoms with van der Waals surface area (Å²) in [5.74, 6) is -0.869. The largest absolute Gasteiger partial charge is 0.469 e. The van der Waals surface area contributed by atoms with Crippen LogP contribution >= 0.6 is 0 Å². The Labute approximate surface area is 121 Å². The highest BCUT2D eigenvalue weighted by Crippen LogP contribution is 2.38. The first-order valence-electron chi connectivity index (χ1n) is 7.53. The predicted octanol–water partition coefficient (Wildman–Crippen LogP) is 1.92. The zero-order valence-electron chi connectivity index (χ0n) is 12.5. The molecule has 1 saturated carbocycles. The molecule has 0 aromatic rings. The summed E-state index contributed by atoms with van der Waals surface area (Å²) < 4.78 is 32.4. The molecule has 116 valence electrons. The molecule has 0 radical (unpaired) electrons. The van der Waals surface area contributed by atoms with Crippen LogP contribution in [0.1, 0.15) is 52.4 Å². The highest BCUT2D eigenvalue weighted by atomic mass is 32.2. The fourth-order valence-corrected chi connectivity index (χ4v) is 6.47. The highest BCUT2D eigenvalue weighted by Gasteiger charge is 2.48. The van der Waals surface area contributed by atoms with Crippen LogP contribution in [-0.4, -0.2) is 43.1 Å². The van der Waals surface area contributed by atoms with Gasteiger partial charge in [0, 0.05) is 12.1 Å². The van der Waals surface area contributed by atoms with Crippen molar-refractivity contribution in [1.29, 1.82) is 0 Å². The van der Waals surface area contributed by atoms with Crippen molar-refractivity contribution in [3.8, 4) is 0 Å². The number of carbonyl (C=O) groups is 1. The Morgan fingerprint density at radius 2 is 1.95 bits per heavy atom. The second kappa shape index (κ2) is 6.02. The molecular weight excluding hydrogens is 278 g/mol. The van der Waals surface area contributed by atoms with Gasteiger partial charge in [-0.2, -0.15) is 4.31 Å². The first kappa shape index (κ1) is 15.8. The Balaban J connectivity index is 2.27. The number of carbonyl (C=O) groups excluding carboxylic acids is 1. The van der Waals surface area contributed by atoms with E-state index >= 15 is 0 Å². The van der Waals surface area contributed by atoms with Gasteiger partial charge in [0.1, 0.15) is 0 Å². The maximum Gasteiger partial charge on any atom is 0.310 e. The molecule has 6 heteroatoms. The third kappa shape index (κ3) is 2.60. The third-order valence-electron chi connectivity index (χ3n) is 4.82. The van der Waals surface area contributed by atoms with Crippen LogP contribution in [0.4, 0.5) is 0 Å². The lowest BCUT2D eigenvalue weighted by Crippen LogP contribution is -2.47. The van der Waals surface area contributed by atoms with Crippen molar-refractivity contribution < 1.29 is 17.9 Å². The molecule has 1 saturated heterocycles. The zero-order valence-corrected chi connectivity index (χ0v) is 13.4. The molecule has 0 amide bonds. The van der Waals surface area contributed by atoms with Gasteiger partial charge in [-0.05, 0) is 39.0 Å². The Kier molecular flexibility index (Phi) is 4.74. The normalized spacial score (nSPS) is 35.4. The van der Waals surface area contributed by atoms with E-state index in [9.17, 15) is 13.2 Å². The molecule has 1 aliphatic heterocycles. The van der Waals surface area contributed by atoms with Crippen LogP contribution in [0.25, 0.3) is 0 Å². The van der Waals surface area contributed by atoms with E-state index in [0.717, 1.165) is 25.7 Å². The number of hydrogen-bond donors (Lipinski definition) is 0. The molecule has 20 heavy (non-hydrogen) atoms. The molecule has 0 N–H and O–H groups in total.